The summed E-state index contributed by atoms with van der Waals surface area (Å²) in [6, 6.07) is 7.58. The van der Waals surface area contributed by atoms with Gasteiger partial charge in [0.1, 0.15) is 5.75 Å². The molecule has 0 bridgehead atoms. The molecule has 1 aromatic carbocycles. The van der Waals surface area contributed by atoms with Crippen molar-refractivity contribution in [2.24, 2.45) is 5.73 Å². The Morgan fingerprint density at radius 3 is 2.79 bits per heavy atom. The molecule has 1 heterocycles. The molecular weight excluding hydrogens is 262 g/mol. The lowest BCUT2D eigenvalue weighted by molar-refractivity contribution is -0.118. The van der Waals surface area contributed by atoms with Crippen molar-refractivity contribution < 1.29 is 9.53 Å². The zero-order valence-corrected chi connectivity index (χ0v) is 11.2. The van der Waals surface area contributed by atoms with Crippen LogP contribution in [0.2, 0.25) is 0 Å². The van der Waals surface area contributed by atoms with E-state index in [-0.39, 0.29) is 12.3 Å². The number of nitrogens with one attached hydrogen (secondary N) is 1. The molecule has 0 atom stereocenters. The molecule has 0 radical (unpaired) electrons. The number of aromatic nitrogens is 1. The summed E-state index contributed by atoms with van der Waals surface area (Å²) in [5.41, 5.74) is 7.86. The normalized spacial score (nSPS) is 10.1. The second-order valence-electron chi connectivity index (χ2n) is 3.91. The first kappa shape index (κ1) is 13.4. The molecule has 0 aliphatic heterocycles. The zero-order chi connectivity index (χ0) is 13.5. The molecule has 0 saturated heterocycles. The first-order valence-electron chi connectivity index (χ1n) is 5.86. The molecule has 100 valence electrons. The van der Waals surface area contributed by atoms with Crippen LogP contribution in [0, 0.1) is 0 Å². The SMILES string of the molecule is NC(=O)CCOc1ccc(NCc2cncs2)cc1. The first-order chi connectivity index (χ1) is 9.24. The fraction of sp³-hybridized carbons (Fsp3) is 0.231. The van der Waals surface area contributed by atoms with Crippen LogP contribution in [-0.2, 0) is 11.3 Å². The van der Waals surface area contributed by atoms with Crippen LogP contribution < -0.4 is 15.8 Å². The molecule has 6 heteroatoms. The van der Waals surface area contributed by atoms with E-state index in [2.05, 4.69) is 10.3 Å². The second kappa shape index (κ2) is 6.75. The lowest BCUT2D eigenvalue weighted by Gasteiger charge is -2.07. The van der Waals surface area contributed by atoms with Crippen LogP contribution in [0.15, 0.2) is 36.0 Å². The van der Waals surface area contributed by atoms with Crippen molar-refractivity contribution >= 4 is 22.9 Å². The average molecular weight is 277 g/mol. The molecule has 0 fully saturated rings. The van der Waals surface area contributed by atoms with Crippen LogP contribution in [0.1, 0.15) is 11.3 Å². The van der Waals surface area contributed by atoms with Gasteiger partial charge in [-0.3, -0.25) is 9.78 Å². The Hall–Kier alpha value is -2.08. The number of ether oxygens (including phenoxy) is 1. The molecule has 0 spiro atoms. The molecule has 3 N–H and O–H groups in total. The van der Waals surface area contributed by atoms with E-state index in [0.29, 0.717) is 6.61 Å². The molecule has 1 amide bonds. The Balaban J connectivity index is 1.79. The molecule has 0 saturated carbocycles. The lowest BCUT2D eigenvalue weighted by atomic mass is 10.3. The summed E-state index contributed by atoms with van der Waals surface area (Å²) in [7, 11) is 0. The third-order valence-electron chi connectivity index (χ3n) is 2.42. The Morgan fingerprint density at radius 2 is 2.16 bits per heavy atom. The minimum atomic E-state index is -0.358. The van der Waals surface area contributed by atoms with Gasteiger partial charge >= 0.3 is 0 Å². The Morgan fingerprint density at radius 1 is 1.37 bits per heavy atom. The summed E-state index contributed by atoms with van der Waals surface area (Å²) in [4.78, 5) is 15.8. The minimum absolute atomic E-state index is 0.228. The van der Waals surface area contributed by atoms with E-state index in [1.165, 1.54) is 4.88 Å². The van der Waals surface area contributed by atoms with E-state index in [0.717, 1.165) is 18.0 Å². The van der Waals surface area contributed by atoms with Crippen molar-refractivity contribution in [3.63, 3.8) is 0 Å². The van der Waals surface area contributed by atoms with Crippen molar-refractivity contribution in [2.75, 3.05) is 11.9 Å². The number of nitrogens with two attached hydrogens (primary N) is 1. The highest BCUT2D eigenvalue weighted by Gasteiger charge is 1.99. The fourth-order valence-corrected chi connectivity index (χ4v) is 1.99. The second-order valence-corrected chi connectivity index (χ2v) is 4.88. The maximum atomic E-state index is 10.6. The first-order valence-corrected chi connectivity index (χ1v) is 6.74. The van der Waals surface area contributed by atoms with E-state index in [1.54, 1.807) is 11.3 Å². The van der Waals surface area contributed by atoms with Gasteiger partial charge in [-0.25, -0.2) is 0 Å². The summed E-state index contributed by atoms with van der Waals surface area (Å²) in [5.74, 6) is 0.368. The zero-order valence-electron chi connectivity index (χ0n) is 10.3. The van der Waals surface area contributed by atoms with Gasteiger partial charge in [-0.05, 0) is 24.3 Å². The van der Waals surface area contributed by atoms with Gasteiger partial charge in [0.15, 0.2) is 0 Å². The Labute approximate surface area is 115 Å². The number of carbonyl (C=O) groups is 1. The number of thiazole rings is 1. The van der Waals surface area contributed by atoms with Crippen molar-refractivity contribution in [1.29, 1.82) is 0 Å². The summed E-state index contributed by atoms with van der Waals surface area (Å²) in [5, 5.41) is 3.29. The van der Waals surface area contributed by atoms with Crippen molar-refractivity contribution in [3.05, 3.63) is 40.8 Å². The molecule has 0 aliphatic carbocycles. The van der Waals surface area contributed by atoms with Crippen LogP contribution >= 0.6 is 11.3 Å². The standard InChI is InChI=1S/C13H15N3O2S/c14-13(17)5-6-18-11-3-1-10(2-4-11)16-8-12-7-15-9-19-12/h1-4,7,9,16H,5-6,8H2,(H2,14,17). The number of nitrogens with zero attached hydrogens (tertiary/aromatic N) is 1. The minimum Gasteiger partial charge on any atom is -0.493 e. The number of benzene rings is 1. The van der Waals surface area contributed by atoms with Gasteiger partial charge in [0, 0.05) is 16.8 Å². The summed E-state index contributed by atoms with van der Waals surface area (Å²) in [6.45, 7) is 1.06. The van der Waals surface area contributed by atoms with E-state index in [1.807, 2.05) is 36.0 Å². The van der Waals surface area contributed by atoms with Gasteiger partial charge in [0.05, 0.1) is 25.1 Å². The number of anilines is 1. The number of amides is 1. The predicted octanol–water partition coefficient (Wildman–Crippen LogP) is 2.01. The Kier molecular flexibility index (Phi) is 4.74. The molecule has 2 aromatic rings. The van der Waals surface area contributed by atoms with Crippen molar-refractivity contribution in [3.8, 4) is 5.75 Å². The van der Waals surface area contributed by atoms with Crippen LogP contribution in [0.4, 0.5) is 5.69 Å². The topological polar surface area (TPSA) is 77.2 Å². The largest absolute Gasteiger partial charge is 0.493 e. The fourth-order valence-electron chi connectivity index (χ4n) is 1.46. The summed E-state index contributed by atoms with van der Waals surface area (Å²) >= 11 is 1.62. The van der Waals surface area contributed by atoms with Gasteiger partial charge in [-0.1, -0.05) is 0 Å². The van der Waals surface area contributed by atoms with E-state index in [4.69, 9.17) is 10.5 Å². The van der Waals surface area contributed by atoms with Gasteiger partial charge < -0.3 is 15.8 Å². The number of hydrogen-bond donors (Lipinski definition) is 2. The monoisotopic (exact) mass is 277 g/mol. The third-order valence-corrected chi connectivity index (χ3v) is 3.20. The van der Waals surface area contributed by atoms with Crippen LogP contribution in [0.3, 0.4) is 0 Å². The number of primary amides is 1. The highest BCUT2D eigenvalue weighted by molar-refractivity contribution is 7.09. The van der Waals surface area contributed by atoms with Crippen LogP contribution in [0.5, 0.6) is 5.75 Å². The van der Waals surface area contributed by atoms with Gasteiger partial charge in [0.25, 0.3) is 0 Å². The molecule has 19 heavy (non-hydrogen) atoms. The van der Waals surface area contributed by atoms with Gasteiger partial charge in [-0.2, -0.15) is 0 Å². The molecule has 0 aliphatic rings. The van der Waals surface area contributed by atoms with E-state index >= 15 is 0 Å². The summed E-state index contributed by atoms with van der Waals surface area (Å²) in [6.07, 6.45) is 2.07. The molecule has 5 nitrogen and oxygen atoms in total. The van der Waals surface area contributed by atoms with Gasteiger partial charge in [0.2, 0.25) is 5.91 Å². The smallest absolute Gasteiger partial charge is 0.220 e. The molecule has 2 rings (SSSR count). The number of rotatable bonds is 7. The van der Waals surface area contributed by atoms with Crippen molar-refractivity contribution in [1.82, 2.24) is 4.98 Å². The number of hydrogen-bond acceptors (Lipinski definition) is 5. The Bertz CT molecular complexity index is 511. The van der Waals surface area contributed by atoms with E-state index in [9.17, 15) is 4.79 Å². The molecule has 1 aromatic heterocycles. The third kappa shape index (κ3) is 4.59. The predicted molar refractivity (Wildman–Crippen MR) is 75.2 cm³/mol. The average Bonchev–Trinajstić information content (AvgIpc) is 2.90. The van der Waals surface area contributed by atoms with Gasteiger partial charge in [-0.15, -0.1) is 11.3 Å². The van der Waals surface area contributed by atoms with E-state index < -0.39 is 0 Å². The number of carbonyl (C=O) groups excluding carboxylic acids is 1. The maximum Gasteiger partial charge on any atom is 0.220 e. The van der Waals surface area contributed by atoms with Crippen LogP contribution in [-0.4, -0.2) is 17.5 Å². The molecule has 0 unspecified atom stereocenters. The summed E-state index contributed by atoms with van der Waals surface area (Å²) < 4.78 is 5.39. The van der Waals surface area contributed by atoms with Crippen molar-refractivity contribution in [2.45, 2.75) is 13.0 Å². The maximum absolute atomic E-state index is 10.6. The highest BCUT2D eigenvalue weighted by atomic mass is 32.1. The van der Waals surface area contributed by atoms with Crippen LogP contribution in [0.25, 0.3) is 0 Å². The quantitative estimate of drug-likeness (QED) is 0.811. The highest BCUT2D eigenvalue weighted by Crippen LogP contribution is 2.17. The molecular formula is C13H15N3O2S. The lowest BCUT2D eigenvalue weighted by Crippen LogP contribution is -2.14.